The number of benzene rings is 1. The third-order valence-electron chi connectivity index (χ3n) is 4.33. The minimum absolute atomic E-state index is 0.153. The fourth-order valence-corrected chi connectivity index (χ4v) is 3.02. The van der Waals surface area contributed by atoms with Crippen LogP contribution in [-0.2, 0) is 11.3 Å². The summed E-state index contributed by atoms with van der Waals surface area (Å²) in [6, 6.07) is 8.33. The first-order valence-electron chi connectivity index (χ1n) is 8.24. The molecule has 23 heavy (non-hydrogen) atoms. The van der Waals surface area contributed by atoms with E-state index in [2.05, 4.69) is 27.1 Å². The van der Waals surface area contributed by atoms with E-state index < -0.39 is 0 Å². The van der Waals surface area contributed by atoms with Crippen molar-refractivity contribution in [2.24, 2.45) is 0 Å². The van der Waals surface area contributed by atoms with Gasteiger partial charge in [-0.1, -0.05) is 19.1 Å². The monoisotopic (exact) mass is 316 g/mol. The van der Waals surface area contributed by atoms with Crippen molar-refractivity contribution >= 4 is 16.7 Å². The van der Waals surface area contributed by atoms with Gasteiger partial charge >= 0.3 is 0 Å². The summed E-state index contributed by atoms with van der Waals surface area (Å²) in [6.45, 7) is 6.45. The van der Waals surface area contributed by atoms with Crippen LogP contribution in [0.3, 0.4) is 0 Å². The van der Waals surface area contributed by atoms with E-state index in [-0.39, 0.29) is 6.61 Å². The van der Waals surface area contributed by atoms with Gasteiger partial charge in [-0.3, -0.25) is 4.90 Å². The Bertz CT molecular complexity index is 644. The number of hydrogen-bond donors (Lipinski definition) is 2. The fourth-order valence-electron chi connectivity index (χ4n) is 3.02. The number of anilines is 1. The molecular formula is C17H24N4O2. The van der Waals surface area contributed by atoms with E-state index in [0.717, 1.165) is 56.0 Å². The van der Waals surface area contributed by atoms with Gasteiger partial charge in [-0.05, 0) is 18.6 Å². The summed E-state index contributed by atoms with van der Waals surface area (Å²) in [4.78, 5) is 11.3. The van der Waals surface area contributed by atoms with E-state index in [9.17, 15) is 5.11 Å². The van der Waals surface area contributed by atoms with Crippen molar-refractivity contribution in [1.82, 2.24) is 14.9 Å². The van der Waals surface area contributed by atoms with E-state index in [0.29, 0.717) is 11.9 Å². The molecule has 124 valence electrons. The van der Waals surface area contributed by atoms with Crippen molar-refractivity contribution in [1.29, 1.82) is 0 Å². The summed E-state index contributed by atoms with van der Waals surface area (Å²) < 4.78 is 5.43. The second-order valence-electron chi connectivity index (χ2n) is 5.76. The van der Waals surface area contributed by atoms with E-state index in [1.807, 2.05) is 24.3 Å². The largest absolute Gasteiger partial charge is 0.388 e. The molecule has 1 fully saturated rings. The summed E-state index contributed by atoms with van der Waals surface area (Å²) in [5.74, 6) is 1.25. The number of fused-ring (bicyclic) bond motifs is 1. The standard InChI is InChI=1S/C17H24N4O2/c1-2-13(21-7-9-23-10-8-21)11-18-17-14-5-3-4-6-15(14)19-16(12-22)20-17/h3-6,13,22H,2,7-12H2,1H3,(H,18,19,20)/t13-/m1/s1. The highest BCUT2D eigenvalue weighted by Gasteiger charge is 2.19. The van der Waals surface area contributed by atoms with Crippen molar-refractivity contribution in [3.63, 3.8) is 0 Å². The van der Waals surface area contributed by atoms with Gasteiger partial charge in [0.15, 0.2) is 5.82 Å². The zero-order valence-corrected chi connectivity index (χ0v) is 13.5. The van der Waals surface area contributed by atoms with Gasteiger partial charge < -0.3 is 15.2 Å². The lowest BCUT2D eigenvalue weighted by atomic mass is 10.1. The molecule has 1 aliphatic rings. The summed E-state index contributed by atoms with van der Waals surface area (Å²) in [5.41, 5.74) is 0.855. The highest BCUT2D eigenvalue weighted by molar-refractivity contribution is 5.88. The summed E-state index contributed by atoms with van der Waals surface area (Å²) in [7, 11) is 0. The number of rotatable bonds is 6. The average Bonchev–Trinajstić information content (AvgIpc) is 2.62. The quantitative estimate of drug-likeness (QED) is 0.844. The van der Waals surface area contributed by atoms with E-state index >= 15 is 0 Å². The molecule has 0 radical (unpaired) electrons. The molecule has 0 spiro atoms. The lowest BCUT2D eigenvalue weighted by Gasteiger charge is -2.34. The first kappa shape index (κ1) is 16.1. The van der Waals surface area contributed by atoms with Crippen LogP contribution in [0.1, 0.15) is 19.2 Å². The minimum Gasteiger partial charge on any atom is -0.388 e. The molecule has 1 aliphatic heterocycles. The molecule has 2 aromatic rings. The number of morpholine rings is 1. The number of para-hydroxylation sites is 1. The zero-order valence-electron chi connectivity index (χ0n) is 13.5. The maximum absolute atomic E-state index is 9.37. The van der Waals surface area contributed by atoms with Crippen LogP contribution in [0.4, 0.5) is 5.82 Å². The summed E-state index contributed by atoms with van der Waals surface area (Å²) in [6.07, 6.45) is 1.07. The fraction of sp³-hybridized carbons (Fsp3) is 0.529. The zero-order chi connectivity index (χ0) is 16.1. The van der Waals surface area contributed by atoms with Crippen molar-refractivity contribution in [2.45, 2.75) is 26.0 Å². The Kier molecular flexibility index (Phi) is 5.38. The maximum Gasteiger partial charge on any atom is 0.156 e. The van der Waals surface area contributed by atoms with Crippen LogP contribution in [0.25, 0.3) is 10.9 Å². The highest BCUT2D eigenvalue weighted by Crippen LogP contribution is 2.20. The number of aromatic nitrogens is 2. The first-order chi connectivity index (χ1) is 11.3. The Labute approximate surface area is 136 Å². The molecule has 0 amide bonds. The molecule has 0 aliphatic carbocycles. The van der Waals surface area contributed by atoms with Crippen molar-refractivity contribution in [3.05, 3.63) is 30.1 Å². The third kappa shape index (κ3) is 3.77. The number of aliphatic hydroxyl groups excluding tert-OH is 1. The second-order valence-corrected chi connectivity index (χ2v) is 5.76. The Balaban J connectivity index is 1.77. The van der Waals surface area contributed by atoms with Gasteiger partial charge in [0.05, 0.1) is 18.7 Å². The predicted octanol–water partition coefficient (Wildman–Crippen LogP) is 1.64. The molecule has 1 aromatic heterocycles. The van der Waals surface area contributed by atoms with Crippen LogP contribution in [-0.4, -0.2) is 58.9 Å². The van der Waals surface area contributed by atoms with Gasteiger partial charge in [-0.2, -0.15) is 0 Å². The molecule has 1 atom stereocenters. The van der Waals surface area contributed by atoms with E-state index in [1.54, 1.807) is 0 Å². The molecule has 6 heteroatoms. The average molecular weight is 316 g/mol. The Morgan fingerprint density at radius 2 is 2.04 bits per heavy atom. The normalized spacial score (nSPS) is 17.3. The van der Waals surface area contributed by atoms with Gasteiger partial charge in [-0.25, -0.2) is 9.97 Å². The minimum atomic E-state index is -0.153. The first-order valence-corrected chi connectivity index (χ1v) is 8.24. The van der Waals surface area contributed by atoms with Crippen LogP contribution >= 0.6 is 0 Å². The Hall–Kier alpha value is -1.76. The Morgan fingerprint density at radius 3 is 2.78 bits per heavy atom. The van der Waals surface area contributed by atoms with Crippen LogP contribution in [0, 0.1) is 0 Å². The lowest BCUT2D eigenvalue weighted by Crippen LogP contribution is -2.46. The lowest BCUT2D eigenvalue weighted by molar-refractivity contribution is 0.0184. The number of aliphatic hydroxyl groups is 1. The molecule has 2 N–H and O–H groups in total. The van der Waals surface area contributed by atoms with Crippen molar-refractivity contribution in [2.75, 3.05) is 38.2 Å². The predicted molar refractivity (Wildman–Crippen MR) is 90.4 cm³/mol. The number of nitrogens with zero attached hydrogens (tertiary/aromatic N) is 3. The molecule has 0 unspecified atom stereocenters. The molecular weight excluding hydrogens is 292 g/mol. The van der Waals surface area contributed by atoms with Gasteiger partial charge in [0.1, 0.15) is 12.4 Å². The van der Waals surface area contributed by atoms with Crippen LogP contribution in [0.5, 0.6) is 0 Å². The number of ether oxygens (including phenoxy) is 1. The SMILES string of the molecule is CC[C@H](CNc1nc(CO)nc2ccccc12)N1CCOCC1. The van der Waals surface area contributed by atoms with E-state index in [4.69, 9.17) is 4.74 Å². The molecule has 2 heterocycles. The second kappa shape index (κ2) is 7.68. The number of nitrogens with one attached hydrogen (secondary N) is 1. The van der Waals surface area contributed by atoms with Gasteiger partial charge in [0.25, 0.3) is 0 Å². The van der Waals surface area contributed by atoms with Gasteiger partial charge in [-0.15, -0.1) is 0 Å². The molecule has 3 rings (SSSR count). The topological polar surface area (TPSA) is 70.5 Å². The van der Waals surface area contributed by atoms with Crippen LogP contribution < -0.4 is 5.32 Å². The maximum atomic E-state index is 9.37. The smallest absolute Gasteiger partial charge is 0.156 e. The highest BCUT2D eigenvalue weighted by atomic mass is 16.5. The van der Waals surface area contributed by atoms with Gasteiger partial charge in [0, 0.05) is 31.1 Å². The summed E-state index contributed by atoms with van der Waals surface area (Å²) >= 11 is 0. The van der Waals surface area contributed by atoms with Crippen LogP contribution in [0.2, 0.25) is 0 Å². The molecule has 0 saturated carbocycles. The van der Waals surface area contributed by atoms with Crippen LogP contribution in [0.15, 0.2) is 24.3 Å². The van der Waals surface area contributed by atoms with Crippen molar-refractivity contribution < 1.29 is 9.84 Å². The molecule has 6 nitrogen and oxygen atoms in total. The third-order valence-corrected chi connectivity index (χ3v) is 4.33. The van der Waals surface area contributed by atoms with E-state index in [1.165, 1.54) is 0 Å². The molecule has 1 aromatic carbocycles. The molecule has 0 bridgehead atoms. The Morgan fingerprint density at radius 1 is 1.26 bits per heavy atom. The molecule has 1 saturated heterocycles. The summed E-state index contributed by atoms with van der Waals surface area (Å²) in [5, 5.41) is 13.8. The number of hydrogen-bond acceptors (Lipinski definition) is 6. The van der Waals surface area contributed by atoms with Crippen molar-refractivity contribution in [3.8, 4) is 0 Å². The van der Waals surface area contributed by atoms with Gasteiger partial charge in [0.2, 0.25) is 0 Å².